The SMILES string of the molecule is COc1cccc(NC(N)=NCC(C)Oc2ccc(F)cc2)c1.I. The van der Waals surface area contributed by atoms with Gasteiger partial charge in [0.05, 0.1) is 13.7 Å². The van der Waals surface area contributed by atoms with E-state index in [0.29, 0.717) is 12.3 Å². The predicted molar refractivity (Wildman–Crippen MR) is 105 cm³/mol. The third kappa shape index (κ3) is 6.61. The molecule has 0 aliphatic carbocycles. The van der Waals surface area contributed by atoms with Crippen LogP contribution in [-0.4, -0.2) is 25.7 Å². The van der Waals surface area contributed by atoms with Crippen molar-refractivity contribution in [2.24, 2.45) is 10.7 Å². The molecule has 1 atom stereocenters. The van der Waals surface area contributed by atoms with Gasteiger partial charge in [0, 0.05) is 11.8 Å². The number of aliphatic imine (C=N–C) groups is 1. The maximum absolute atomic E-state index is 12.8. The molecule has 0 fully saturated rings. The molecular weight excluding hydrogens is 424 g/mol. The van der Waals surface area contributed by atoms with Crippen molar-refractivity contribution in [3.63, 3.8) is 0 Å². The quantitative estimate of drug-likeness (QED) is 0.405. The molecule has 1 unspecified atom stereocenters. The van der Waals surface area contributed by atoms with Gasteiger partial charge in [-0.2, -0.15) is 0 Å². The number of benzene rings is 2. The van der Waals surface area contributed by atoms with Crippen LogP contribution >= 0.6 is 24.0 Å². The molecule has 0 saturated heterocycles. The van der Waals surface area contributed by atoms with Crippen molar-refractivity contribution >= 4 is 35.6 Å². The molecule has 7 heteroatoms. The average Bonchev–Trinajstić information content (AvgIpc) is 2.55. The molecule has 0 heterocycles. The molecule has 2 aromatic rings. The highest BCUT2D eigenvalue weighted by molar-refractivity contribution is 14.0. The Morgan fingerprint density at radius 1 is 1.21 bits per heavy atom. The van der Waals surface area contributed by atoms with Crippen LogP contribution in [0.5, 0.6) is 11.5 Å². The Morgan fingerprint density at radius 3 is 2.58 bits per heavy atom. The van der Waals surface area contributed by atoms with E-state index in [2.05, 4.69) is 10.3 Å². The van der Waals surface area contributed by atoms with Gasteiger partial charge < -0.3 is 20.5 Å². The minimum absolute atomic E-state index is 0. The van der Waals surface area contributed by atoms with Gasteiger partial charge in [-0.1, -0.05) is 6.07 Å². The molecule has 2 rings (SSSR count). The summed E-state index contributed by atoms with van der Waals surface area (Å²) in [7, 11) is 1.60. The van der Waals surface area contributed by atoms with E-state index in [9.17, 15) is 4.39 Å². The van der Waals surface area contributed by atoms with Crippen LogP contribution in [0, 0.1) is 5.82 Å². The Labute approximate surface area is 158 Å². The highest BCUT2D eigenvalue weighted by Gasteiger charge is 2.04. The van der Waals surface area contributed by atoms with Crippen molar-refractivity contribution in [2.45, 2.75) is 13.0 Å². The topological polar surface area (TPSA) is 68.9 Å². The smallest absolute Gasteiger partial charge is 0.193 e. The summed E-state index contributed by atoms with van der Waals surface area (Å²) >= 11 is 0. The first-order chi connectivity index (χ1) is 11.1. The number of rotatable bonds is 6. The Kier molecular flexibility index (Phi) is 8.31. The average molecular weight is 445 g/mol. The number of nitrogens with zero attached hydrogens (tertiary/aromatic N) is 1. The van der Waals surface area contributed by atoms with Crippen molar-refractivity contribution in [3.8, 4) is 11.5 Å². The summed E-state index contributed by atoms with van der Waals surface area (Å²) in [6.45, 7) is 2.24. The third-order valence-corrected chi connectivity index (χ3v) is 3.01. The second-order valence-electron chi connectivity index (χ2n) is 4.97. The van der Waals surface area contributed by atoms with Crippen molar-refractivity contribution in [1.82, 2.24) is 0 Å². The summed E-state index contributed by atoms with van der Waals surface area (Å²) in [5.41, 5.74) is 6.64. The van der Waals surface area contributed by atoms with Crippen LogP contribution < -0.4 is 20.5 Å². The van der Waals surface area contributed by atoms with E-state index in [1.54, 1.807) is 19.2 Å². The monoisotopic (exact) mass is 445 g/mol. The van der Waals surface area contributed by atoms with Crippen LogP contribution in [0.4, 0.5) is 10.1 Å². The van der Waals surface area contributed by atoms with Crippen LogP contribution in [0.1, 0.15) is 6.92 Å². The largest absolute Gasteiger partial charge is 0.497 e. The van der Waals surface area contributed by atoms with Gasteiger partial charge in [0.25, 0.3) is 0 Å². The van der Waals surface area contributed by atoms with E-state index in [0.717, 1.165) is 11.4 Å². The zero-order valence-electron chi connectivity index (χ0n) is 13.5. The molecule has 0 aromatic heterocycles. The number of ether oxygens (including phenoxy) is 2. The Hall–Kier alpha value is -2.03. The second kappa shape index (κ2) is 9.96. The molecule has 0 saturated carbocycles. The van der Waals surface area contributed by atoms with Gasteiger partial charge in [-0.05, 0) is 43.3 Å². The third-order valence-electron chi connectivity index (χ3n) is 3.01. The lowest BCUT2D eigenvalue weighted by atomic mass is 10.3. The summed E-state index contributed by atoms with van der Waals surface area (Å²) in [5, 5.41) is 2.99. The van der Waals surface area contributed by atoms with Crippen LogP contribution in [0.15, 0.2) is 53.5 Å². The summed E-state index contributed by atoms with van der Waals surface area (Å²) in [5.74, 6) is 1.31. The number of halogens is 2. The van der Waals surface area contributed by atoms with E-state index in [-0.39, 0.29) is 41.9 Å². The fourth-order valence-electron chi connectivity index (χ4n) is 1.90. The standard InChI is InChI=1S/C17H20FN3O2.HI/c1-12(23-15-8-6-13(18)7-9-15)11-20-17(19)21-14-4-3-5-16(10-14)22-2;/h3-10,12H,11H2,1-2H3,(H3,19,20,21);1H. The molecule has 2 aromatic carbocycles. The van der Waals surface area contributed by atoms with E-state index in [1.807, 2.05) is 31.2 Å². The summed E-state index contributed by atoms with van der Waals surface area (Å²) in [4.78, 5) is 4.23. The number of hydrogen-bond donors (Lipinski definition) is 2. The summed E-state index contributed by atoms with van der Waals surface area (Å²) < 4.78 is 23.6. The minimum atomic E-state index is -0.297. The minimum Gasteiger partial charge on any atom is -0.497 e. The molecule has 24 heavy (non-hydrogen) atoms. The highest BCUT2D eigenvalue weighted by atomic mass is 127. The van der Waals surface area contributed by atoms with Gasteiger partial charge in [0.2, 0.25) is 0 Å². The number of anilines is 1. The Balaban J connectivity index is 0.00000288. The molecule has 3 N–H and O–H groups in total. The number of methoxy groups -OCH3 is 1. The highest BCUT2D eigenvalue weighted by Crippen LogP contribution is 2.16. The zero-order chi connectivity index (χ0) is 16.7. The van der Waals surface area contributed by atoms with Crippen molar-refractivity contribution in [3.05, 3.63) is 54.3 Å². The van der Waals surface area contributed by atoms with Crippen molar-refractivity contribution in [1.29, 1.82) is 0 Å². The van der Waals surface area contributed by atoms with E-state index in [4.69, 9.17) is 15.2 Å². The number of nitrogens with one attached hydrogen (secondary N) is 1. The lowest BCUT2D eigenvalue weighted by Gasteiger charge is -2.13. The maximum Gasteiger partial charge on any atom is 0.193 e. The number of guanidine groups is 1. The van der Waals surface area contributed by atoms with Crippen molar-refractivity contribution < 1.29 is 13.9 Å². The van der Waals surface area contributed by atoms with Gasteiger partial charge in [-0.25, -0.2) is 9.38 Å². The molecule has 0 aliphatic heterocycles. The van der Waals surface area contributed by atoms with Gasteiger partial charge >= 0.3 is 0 Å². The predicted octanol–water partition coefficient (Wildman–Crippen LogP) is 3.65. The zero-order valence-corrected chi connectivity index (χ0v) is 15.9. The van der Waals surface area contributed by atoms with Crippen LogP contribution in [-0.2, 0) is 0 Å². The molecule has 130 valence electrons. The van der Waals surface area contributed by atoms with Crippen LogP contribution in [0.2, 0.25) is 0 Å². The van der Waals surface area contributed by atoms with E-state index >= 15 is 0 Å². The maximum atomic E-state index is 12.8. The molecule has 0 amide bonds. The molecule has 0 bridgehead atoms. The molecular formula is C17H21FIN3O2. The first-order valence-corrected chi connectivity index (χ1v) is 7.20. The van der Waals surface area contributed by atoms with Crippen LogP contribution in [0.25, 0.3) is 0 Å². The van der Waals surface area contributed by atoms with Gasteiger partial charge in [0.15, 0.2) is 5.96 Å². The van der Waals surface area contributed by atoms with E-state index < -0.39 is 0 Å². The lowest BCUT2D eigenvalue weighted by molar-refractivity contribution is 0.230. The number of nitrogens with two attached hydrogens (primary N) is 1. The van der Waals surface area contributed by atoms with Gasteiger partial charge in [0.1, 0.15) is 23.4 Å². The summed E-state index contributed by atoms with van der Waals surface area (Å²) in [6.07, 6.45) is -0.189. The van der Waals surface area contributed by atoms with Crippen LogP contribution in [0.3, 0.4) is 0 Å². The molecule has 0 spiro atoms. The fraction of sp³-hybridized carbons (Fsp3) is 0.235. The Bertz CT molecular complexity index is 665. The van der Waals surface area contributed by atoms with Crippen molar-refractivity contribution in [2.75, 3.05) is 19.0 Å². The first kappa shape index (κ1) is 20.0. The Morgan fingerprint density at radius 2 is 1.92 bits per heavy atom. The molecule has 0 radical (unpaired) electrons. The molecule has 5 nitrogen and oxygen atoms in total. The summed E-state index contributed by atoms with van der Waals surface area (Å²) in [6, 6.07) is 13.2. The first-order valence-electron chi connectivity index (χ1n) is 7.20. The molecule has 0 aliphatic rings. The van der Waals surface area contributed by atoms with E-state index in [1.165, 1.54) is 12.1 Å². The number of hydrogen-bond acceptors (Lipinski definition) is 3. The normalized spacial score (nSPS) is 12.0. The second-order valence-corrected chi connectivity index (χ2v) is 4.97. The fourth-order valence-corrected chi connectivity index (χ4v) is 1.90. The van der Waals surface area contributed by atoms with Gasteiger partial charge in [-0.3, -0.25) is 0 Å². The lowest BCUT2D eigenvalue weighted by Crippen LogP contribution is -2.25. The van der Waals surface area contributed by atoms with Gasteiger partial charge in [-0.15, -0.1) is 24.0 Å².